The van der Waals surface area contributed by atoms with E-state index in [0.29, 0.717) is 22.3 Å². The van der Waals surface area contributed by atoms with Gasteiger partial charge in [-0.25, -0.2) is 9.38 Å². The van der Waals surface area contributed by atoms with Gasteiger partial charge < -0.3 is 0 Å². The zero-order chi connectivity index (χ0) is 17.1. The molecular formula is C18H14BrFN2OS. The second-order valence-corrected chi connectivity index (χ2v) is 6.92. The Morgan fingerprint density at radius 1 is 1.21 bits per heavy atom. The van der Waals surface area contributed by atoms with Crippen molar-refractivity contribution in [2.45, 2.75) is 6.92 Å². The summed E-state index contributed by atoms with van der Waals surface area (Å²) in [4.78, 5) is 19.3. The Balaban J connectivity index is 1.94. The van der Waals surface area contributed by atoms with Gasteiger partial charge in [-0.15, -0.1) is 0 Å². The second-order valence-electron chi connectivity index (χ2n) is 5.05. The van der Waals surface area contributed by atoms with Crippen molar-refractivity contribution < 1.29 is 9.18 Å². The highest BCUT2D eigenvalue weighted by molar-refractivity contribution is 9.10. The lowest BCUT2D eigenvalue weighted by Gasteiger charge is -2.11. The van der Waals surface area contributed by atoms with Crippen molar-refractivity contribution in [1.29, 1.82) is 0 Å². The number of benzene rings is 2. The van der Waals surface area contributed by atoms with Crippen molar-refractivity contribution in [2.75, 3.05) is 6.54 Å². The molecule has 122 valence electrons. The lowest BCUT2D eigenvalue weighted by molar-refractivity contribution is -0.122. The highest BCUT2D eigenvalue weighted by atomic mass is 79.9. The molecule has 1 aliphatic heterocycles. The predicted octanol–water partition coefficient (Wildman–Crippen LogP) is 5.21. The van der Waals surface area contributed by atoms with E-state index in [4.69, 9.17) is 0 Å². The zero-order valence-electron chi connectivity index (χ0n) is 12.9. The van der Waals surface area contributed by atoms with E-state index in [1.165, 1.54) is 23.9 Å². The minimum atomic E-state index is -0.309. The van der Waals surface area contributed by atoms with Crippen LogP contribution in [0.4, 0.5) is 10.1 Å². The summed E-state index contributed by atoms with van der Waals surface area (Å²) in [5, 5.41) is 0.604. The summed E-state index contributed by atoms with van der Waals surface area (Å²) < 4.78 is 13.9. The third kappa shape index (κ3) is 3.60. The summed E-state index contributed by atoms with van der Waals surface area (Å²) >= 11 is 4.81. The smallest absolute Gasteiger partial charge is 0.266 e. The number of hydrogen-bond donors (Lipinski definition) is 0. The number of thioether (sulfide) groups is 1. The number of halogens is 2. The molecule has 1 saturated heterocycles. The van der Waals surface area contributed by atoms with E-state index in [1.54, 1.807) is 17.0 Å². The molecule has 1 amide bonds. The first kappa shape index (κ1) is 16.9. The number of amidine groups is 1. The van der Waals surface area contributed by atoms with Crippen LogP contribution in [0.15, 0.2) is 62.9 Å². The van der Waals surface area contributed by atoms with Gasteiger partial charge in [0.25, 0.3) is 5.91 Å². The van der Waals surface area contributed by atoms with Crippen LogP contribution in [-0.4, -0.2) is 22.5 Å². The molecule has 24 heavy (non-hydrogen) atoms. The van der Waals surface area contributed by atoms with Crippen LogP contribution in [0.25, 0.3) is 6.08 Å². The topological polar surface area (TPSA) is 32.7 Å². The van der Waals surface area contributed by atoms with Crippen molar-refractivity contribution in [3.05, 3.63) is 69.3 Å². The molecule has 0 saturated carbocycles. The highest BCUT2D eigenvalue weighted by Gasteiger charge is 2.32. The van der Waals surface area contributed by atoms with Crippen LogP contribution in [-0.2, 0) is 4.79 Å². The fourth-order valence-electron chi connectivity index (χ4n) is 2.23. The van der Waals surface area contributed by atoms with Gasteiger partial charge >= 0.3 is 0 Å². The average Bonchev–Trinajstić information content (AvgIpc) is 2.87. The van der Waals surface area contributed by atoms with Gasteiger partial charge in [-0.2, -0.15) is 0 Å². The lowest BCUT2D eigenvalue weighted by atomic mass is 10.2. The molecule has 1 fully saturated rings. The molecule has 0 radical (unpaired) electrons. The summed E-state index contributed by atoms with van der Waals surface area (Å²) in [5.74, 6) is -0.380. The molecule has 0 unspecified atom stereocenters. The van der Waals surface area contributed by atoms with Gasteiger partial charge in [0.1, 0.15) is 5.82 Å². The van der Waals surface area contributed by atoms with E-state index in [9.17, 15) is 9.18 Å². The van der Waals surface area contributed by atoms with E-state index in [1.807, 2.05) is 37.3 Å². The minimum absolute atomic E-state index is 0.0703. The fraction of sp³-hybridized carbons (Fsp3) is 0.111. The summed E-state index contributed by atoms with van der Waals surface area (Å²) in [5.41, 5.74) is 1.56. The highest BCUT2D eigenvalue weighted by Crippen LogP contribution is 2.34. The van der Waals surface area contributed by atoms with Gasteiger partial charge in [-0.05, 0) is 60.7 Å². The molecule has 0 bridgehead atoms. The maximum absolute atomic E-state index is 13.0. The van der Waals surface area contributed by atoms with Crippen LogP contribution in [0.2, 0.25) is 0 Å². The molecule has 0 spiro atoms. The number of nitrogens with zero attached hydrogens (tertiary/aromatic N) is 2. The summed E-state index contributed by atoms with van der Waals surface area (Å²) in [6.45, 7) is 2.43. The number of aliphatic imine (C=N–C) groups is 1. The molecule has 0 N–H and O–H groups in total. The Morgan fingerprint density at radius 3 is 2.58 bits per heavy atom. The minimum Gasteiger partial charge on any atom is -0.287 e. The van der Waals surface area contributed by atoms with Crippen molar-refractivity contribution in [2.24, 2.45) is 4.99 Å². The lowest BCUT2D eigenvalue weighted by Crippen LogP contribution is -2.28. The van der Waals surface area contributed by atoms with E-state index in [2.05, 4.69) is 20.9 Å². The fourth-order valence-corrected chi connectivity index (χ4v) is 3.68. The van der Waals surface area contributed by atoms with Gasteiger partial charge in [-0.1, -0.05) is 34.1 Å². The first-order valence-corrected chi connectivity index (χ1v) is 8.99. The van der Waals surface area contributed by atoms with Crippen LogP contribution >= 0.6 is 27.7 Å². The van der Waals surface area contributed by atoms with Gasteiger partial charge in [-0.3, -0.25) is 9.69 Å². The monoisotopic (exact) mass is 404 g/mol. The average molecular weight is 405 g/mol. The zero-order valence-corrected chi connectivity index (χ0v) is 15.3. The Labute approximate surface area is 152 Å². The molecule has 2 aromatic carbocycles. The Kier molecular flexibility index (Phi) is 5.16. The number of amides is 1. The van der Waals surface area contributed by atoms with Crippen molar-refractivity contribution in [1.82, 2.24) is 4.90 Å². The molecule has 6 heteroatoms. The number of rotatable bonds is 3. The van der Waals surface area contributed by atoms with Crippen LogP contribution in [0.1, 0.15) is 12.5 Å². The summed E-state index contributed by atoms with van der Waals surface area (Å²) in [6, 6.07) is 13.6. The van der Waals surface area contributed by atoms with Crippen LogP contribution in [0.3, 0.4) is 0 Å². The Hall–Kier alpha value is -1.92. The Morgan fingerprint density at radius 2 is 1.92 bits per heavy atom. The SMILES string of the molecule is CCN1C(=O)/C(=C\c2ccccc2Br)SC1=Nc1ccc(F)cc1. The van der Waals surface area contributed by atoms with E-state index in [-0.39, 0.29) is 11.7 Å². The van der Waals surface area contributed by atoms with Gasteiger partial charge in [0.05, 0.1) is 10.6 Å². The number of hydrogen-bond acceptors (Lipinski definition) is 3. The standard InChI is InChI=1S/C18H14BrFN2OS/c1-2-22-17(23)16(11-12-5-3-4-6-15(12)19)24-18(22)21-14-9-7-13(20)8-10-14/h3-11H,2H2,1H3/b16-11+,21-18?. The molecule has 2 aromatic rings. The quantitative estimate of drug-likeness (QED) is 0.657. The van der Waals surface area contributed by atoms with Gasteiger partial charge in [0.2, 0.25) is 0 Å². The molecule has 1 aliphatic rings. The maximum atomic E-state index is 13.0. The van der Waals surface area contributed by atoms with E-state index in [0.717, 1.165) is 10.0 Å². The van der Waals surface area contributed by atoms with E-state index < -0.39 is 0 Å². The number of carbonyl (C=O) groups is 1. The number of likely N-dealkylation sites (N-methyl/N-ethyl adjacent to an activating group) is 1. The number of carbonyl (C=O) groups excluding carboxylic acids is 1. The summed E-state index contributed by atoms with van der Waals surface area (Å²) in [6.07, 6.45) is 1.85. The van der Waals surface area contributed by atoms with Crippen LogP contribution in [0, 0.1) is 5.82 Å². The predicted molar refractivity (Wildman–Crippen MR) is 101 cm³/mol. The Bertz CT molecular complexity index is 833. The molecule has 0 aromatic heterocycles. The van der Waals surface area contributed by atoms with Gasteiger partial charge in [0, 0.05) is 11.0 Å². The molecular weight excluding hydrogens is 391 g/mol. The molecule has 3 nitrogen and oxygen atoms in total. The second kappa shape index (κ2) is 7.32. The first-order chi connectivity index (χ1) is 11.6. The maximum Gasteiger partial charge on any atom is 0.266 e. The molecule has 1 heterocycles. The molecule has 0 aliphatic carbocycles. The van der Waals surface area contributed by atoms with Crippen molar-refractivity contribution >= 4 is 50.5 Å². The third-order valence-corrected chi connectivity index (χ3v) is 5.18. The van der Waals surface area contributed by atoms with Crippen molar-refractivity contribution in [3.8, 4) is 0 Å². The van der Waals surface area contributed by atoms with Crippen molar-refractivity contribution in [3.63, 3.8) is 0 Å². The van der Waals surface area contributed by atoms with Crippen LogP contribution < -0.4 is 0 Å². The summed E-state index contributed by atoms with van der Waals surface area (Å²) in [7, 11) is 0. The van der Waals surface area contributed by atoms with Gasteiger partial charge in [0.15, 0.2) is 5.17 Å². The first-order valence-electron chi connectivity index (χ1n) is 7.38. The third-order valence-electron chi connectivity index (χ3n) is 3.45. The molecule has 0 atom stereocenters. The van der Waals surface area contributed by atoms with E-state index >= 15 is 0 Å². The molecule has 3 rings (SSSR count). The largest absolute Gasteiger partial charge is 0.287 e. The van der Waals surface area contributed by atoms with Crippen LogP contribution in [0.5, 0.6) is 0 Å². The normalized spacial score (nSPS) is 18.0.